The van der Waals surface area contributed by atoms with Gasteiger partial charge >= 0.3 is 0 Å². The average molecular weight is 257 g/mol. The van der Waals surface area contributed by atoms with Gasteiger partial charge in [0.25, 0.3) is 0 Å². The molecule has 5 heteroatoms. The van der Waals surface area contributed by atoms with E-state index >= 15 is 0 Å². The number of nitrogens with one attached hydrogen (secondary N) is 2. The number of amides is 2. The fourth-order valence-corrected chi connectivity index (χ4v) is 1.34. The second kappa shape index (κ2) is 8.91. The van der Waals surface area contributed by atoms with Crippen molar-refractivity contribution in [3.05, 3.63) is 0 Å². The van der Waals surface area contributed by atoms with Gasteiger partial charge in [0.2, 0.25) is 11.8 Å². The zero-order chi connectivity index (χ0) is 14.1. The lowest BCUT2D eigenvalue weighted by atomic mass is 9.99. The van der Waals surface area contributed by atoms with Gasteiger partial charge in [0.05, 0.1) is 6.04 Å². The molecule has 0 aliphatic carbocycles. The van der Waals surface area contributed by atoms with Crippen molar-refractivity contribution in [2.45, 2.75) is 46.6 Å². The Labute approximate surface area is 110 Å². The highest BCUT2D eigenvalue weighted by Crippen LogP contribution is 2.04. The minimum absolute atomic E-state index is 0.0406. The van der Waals surface area contributed by atoms with E-state index in [2.05, 4.69) is 10.6 Å². The van der Waals surface area contributed by atoms with Gasteiger partial charge in [0.15, 0.2) is 0 Å². The first kappa shape index (κ1) is 16.9. The van der Waals surface area contributed by atoms with Crippen LogP contribution in [0.25, 0.3) is 0 Å². The van der Waals surface area contributed by atoms with Crippen LogP contribution in [0.3, 0.4) is 0 Å². The summed E-state index contributed by atoms with van der Waals surface area (Å²) >= 11 is 0. The topological polar surface area (TPSA) is 84.2 Å². The first-order valence-electron chi connectivity index (χ1n) is 6.68. The summed E-state index contributed by atoms with van der Waals surface area (Å²) in [6.07, 6.45) is 1.16. The lowest BCUT2D eigenvalue weighted by Crippen LogP contribution is -2.45. The summed E-state index contributed by atoms with van der Waals surface area (Å²) in [5.41, 5.74) is 5.77. The van der Waals surface area contributed by atoms with Crippen molar-refractivity contribution in [2.75, 3.05) is 13.1 Å². The van der Waals surface area contributed by atoms with Crippen LogP contribution >= 0.6 is 0 Å². The average Bonchev–Trinajstić information content (AvgIpc) is 2.34. The molecule has 2 amide bonds. The van der Waals surface area contributed by atoms with Gasteiger partial charge < -0.3 is 16.4 Å². The lowest BCUT2D eigenvalue weighted by Gasteiger charge is -2.17. The van der Waals surface area contributed by atoms with Crippen molar-refractivity contribution in [1.82, 2.24) is 10.6 Å². The Morgan fingerprint density at radius 1 is 1.17 bits per heavy atom. The molecule has 0 rings (SSSR count). The molecular weight excluding hydrogens is 230 g/mol. The van der Waals surface area contributed by atoms with Gasteiger partial charge in [-0.25, -0.2) is 0 Å². The van der Waals surface area contributed by atoms with Gasteiger partial charge in [-0.05, 0) is 11.8 Å². The minimum atomic E-state index is -0.492. The molecule has 0 spiro atoms. The largest absolute Gasteiger partial charge is 0.356 e. The molecule has 0 unspecified atom stereocenters. The second-order valence-corrected chi connectivity index (χ2v) is 5.15. The van der Waals surface area contributed by atoms with Crippen molar-refractivity contribution in [2.24, 2.45) is 17.6 Å². The highest BCUT2D eigenvalue weighted by atomic mass is 16.2. The zero-order valence-corrected chi connectivity index (χ0v) is 12.0. The fraction of sp³-hybridized carbons (Fsp3) is 0.846. The second-order valence-electron chi connectivity index (χ2n) is 5.15. The predicted molar refractivity (Wildman–Crippen MR) is 72.9 cm³/mol. The van der Waals surface area contributed by atoms with E-state index in [1.54, 1.807) is 0 Å². The fourth-order valence-electron chi connectivity index (χ4n) is 1.34. The molecule has 0 aliphatic heterocycles. The summed E-state index contributed by atoms with van der Waals surface area (Å²) in [6, 6.07) is -0.492. The van der Waals surface area contributed by atoms with E-state index in [-0.39, 0.29) is 17.7 Å². The summed E-state index contributed by atoms with van der Waals surface area (Å²) in [7, 11) is 0. The van der Waals surface area contributed by atoms with Gasteiger partial charge in [-0.1, -0.05) is 34.1 Å². The van der Waals surface area contributed by atoms with Crippen LogP contribution in [0.2, 0.25) is 0 Å². The monoisotopic (exact) mass is 257 g/mol. The smallest absolute Gasteiger partial charge is 0.237 e. The first-order valence-corrected chi connectivity index (χ1v) is 6.68. The van der Waals surface area contributed by atoms with Crippen molar-refractivity contribution in [3.63, 3.8) is 0 Å². The Bertz CT molecular complexity index is 267. The molecule has 4 N–H and O–H groups in total. The van der Waals surface area contributed by atoms with E-state index in [1.165, 1.54) is 0 Å². The molecule has 0 saturated carbocycles. The third kappa shape index (κ3) is 7.27. The van der Waals surface area contributed by atoms with Crippen LogP contribution in [0, 0.1) is 11.8 Å². The van der Waals surface area contributed by atoms with Crippen LogP contribution in [0.1, 0.15) is 40.5 Å². The maximum absolute atomic E-state index is 11.6. The highest BCUT2D eigenvalue weighted by Gasteiger charge is 2.18. The molecule has 0 aromatic carbocycles. The number of carbonyl (C=O) groups is 2. The van der Waals surface area contributed by atoms with Crippen molar-refractivity contribution < 1.29 is 9.59 Å². The van der Waals surface area contributed by atoms with Crippen LogP contribution in [0.5, 0.6) is 0 Å². The molecule has 2 atom stereocenters. The van der Waals surface area contributed by atoms with E-state index in [0.717, 1.165) is 6.42 Å². The molecule has 0 fully saturated rings. The number of carbonyl (C=O) groups excluding carboxylic acids is 2. The maximum atomic E-state index is 11.6. The molecular formula is C13H27N3O2. The summed E-state index contributed by atoms with van der Waals surface area (Å²) < 4.78 is 0. The van der Waals surface area contributed by atoms with Gasteiger partial charge in [0.1, 0.15) is 0 Å². The molecule has 0 aliphatic rings. The van der Waals surface area contributed by atoms with E-state index in [9.17, 15) is 9.59 Å². The summed E-state index contributed by atoms with van der Waals surface area (Å²) in [5.74, 6) is 0.365. The van der Waals surface area contributed by atoms with Gasteiger partial charge in [0, 0.05) is 19.5 Å². The minimum Gasteiger partial charge on any atom is -0.356 e. The zero-order valence-electron chi connectivity index (χ0n) is 12.0. The van der Waals surface area contributed by atoms with Crippen molar-refractivity contribution in [3.8, 4) is 0 Å². The molecule has 0 aromatic heterocycles. The van der Waals surface area contributed by atoms with E-state index in [0.29, 0.717) is 25.4 Å². The van der Waals surface area contributed by atoms with Gasteiger partial charge in [-0.3, -0.25) is 9.59 Å². The number of nitrogens with two attached hydrogens (primary N) is 1. The summed E-state index contributed by atoms with van der Waals surface area (Å²) in [6.45, 7) is 9.02. The van der Waals surface area contributed by atoms with E-state index in [4.69, 9.17) is 5.73 Å². The van der Waals surface area contributed by atoms with E-state index < -0.39 is 6.04 Å². The molecule has 0 bridgehead atoms. The number of hydrogen-bond acceptors (Lipinski definition) is 3. The Kier molecular flexibility index (Phi) is 8.37. The Morgan fingerprint density at radius 2 is 1.78 bits per heavy atom. The third-order valence-electron chi connectivity index (χ3n) is 2.92. The van der Waals surface area contributed by atoms with Crippen molar-refractivity contribution in [1.29, 1.82) is 0 Å². The molecule has 0 aromatic rings. The normalized spacial score (nSPS) is 14.1. The quantitative estimate of drug-likeness (QED) is 0.596. The standard InChI is InChI=1S/C13H27N3O2/c1-5-10(4)12(14)13(18)15-7-6-11(17)16-8-9(2)3/h9-10,12H,5-8,14H2,1-4H3,(H,15,18)(H,16,17)/t10-,12-/m0/s1. The SMILES string of the molecule is CC[C@H](C)[C@H](N)C(=O)NCCC(=O)NCC(C)C. The van der Waals surface area contributed by atoms with Crippen LogP contribution in [0.15, 0.2) is 0 Å². The first-order chi connectivity index (χ1) is 8.38. The molecule has 0 saturated heterocycles. The van der Waals surface area contributed by atoms with Crippen LogP contribution in [-0.4, -0.2) is 30.9 Å². The van der Waals surface area contributed by atoms with E-state index in [1.807, 2.05) is 27.7 Å². The molecule has 106 valence electrons. The maximum Gasteiger partial charge on any atom is 0.237 e. The van der Waals surface area contributed by atoms with Crippen LogP contribution < -0.4 is 16.4 Å². The van der Waals surface area contributed by atoms with Crippen LogP contribution in [-0.2, 0) is 9.59 Å². The molecule has 0 radical (unpaired) electrons. The number of rotatable bonds is 8. The van der Waals surface area contributed by atoms with Gasteiger partial charge in [-0.2, -0.15) is 0 Å². The Hall–Kier alpha value is -1.10. The summed E-state index contributed by atoms with van der Waals surface area (Å²) in [4.78, 5) is 23.0. The third-order valence-corrected chi connectivity index (χ3v) is 2.92. The predicted octanol–water partition coefficient (Wildman–Crippen LogP) is 0.638. The number of hydrogen-bond donors (Lipinski definition) is 3. The Morgan fingerprint density at radius 3 is 2.28 bits per heavy atom. The lowest BCUT2D eigenvalue weighted by molar-refractivity contribution is -0.124. The molecule has 0 heterocycles. The molecule has 5 nitrogen and oxygen atoms in total. The highest BCUT2D eigenvalue weighted by molar-refractivity contribution is 5.82. The van der Waals surface area contributed by atoms with Crippen LogP contribution in [0.4, 0.5) is 0 Å². The molecule has 18 heavy (non-hydrogen) atoms. The summed E-state index contributed by atoms with van der Waals surface area (Å²) in [5, 5.41) is 5.49. The Balaban J connectivity index is 3.77. The van der Waals surface area contributed by atoms with Crippen molar-refractivity contribution >= 4 is 11.8 Å². The van der Waals surface area contributed by atoms with Gasteiger partial charge in [-0.15, -0.1) is 0 Å².